The minimum absolute atomic E-state index is 1.16. The second-order valence-electron chi connectivity index (χ2n) is 3.87. The molecule has 1 aromatic rings. The lowest BCUT2D eigenvalue weighted by molar-refractivity contribution is 0.780. The van der Waals surface area contributed by atoms with E-state index in [-0.39, 0.29) is 0 Å². The Kier molecular flexibility index (Phi) is 5.36. The highest BCUT2D eigenvalue weighted by Gasteiger charge is 1.96. The molecule has 0 N–H and O–H groups in total. The highest BCUT2D eigenvalue weighted by molar-refractivity contribution is 5.21. The SMILES string of the molecule is CCCCc1[c][c]cc(CCCC)c1. The van der Waals surface area contributed by atoms with Gasteiger partial charge in [-0.2, -0.15) is 0 Å². The molecule has 0 spiro atoms. The Morgan fingerprint density at radius 2 is 1.79 bits per heavy atom. The van der Waals surface area contributed by atoms with Crippen molar-refractivity contribution < 1.29 is 0 Å². The van der Waals surface area contributed by atoms with Gasteiger partial charge in [-0.15, -0.1) is 0 Å². The van der Waals surface area contributed by atoms with Crippen molar-refractivity contribution in [3.63, 3.8) is 0 Å². The molecule has 76 valence electrons. The predicted octanol–water partition coefficient (Wildman–Crippen LogP) is 3.97. The van der Waals surface area contributed by atoms with Gasteiger partial charge in [-0.05, 0) is 48.9 Å². The zero-order chi connectivity index (χ0) is 10.2. The number of rotatable bonds is 6. The topological polar surface area (TPSA) is 0 Å². The Morgan fingerprint density at radius 1 is 1.07 bits per heavy atom. The molecule has 0 nitrogen and oxygen atoms in total. The first-order valence-corrected chi connectivity index (χ1v) is 5.78. The van der Waals surface area contributed by atoms with E-state index in [1.807, 2.05) is 0 Å². The van der Waals surface area contributed by atoms with Crippen LogP contribution in [0.5, 0.6) is 0 Å². The molecule has 0 aliphatic carbocycles. The molecule has 0 bridgehead atoms. The quantitative estimate of drug-likeness (QED) is 0.633. The molecule has 0 heteroatoms. The largest absolute Gasteiger partial charge is 0.0654 e. The van der Waals surface area contributed by atoms with E-state index in [0.29, 0.717) is 0 Å². The highest BCUT2D eigenvalue weighted by Crippen LogP contribution is 2.10. The summed E-state index contributed by atoms with van der Waals surface area (Å²) in [7, 11) is 0. The van der Waals surface area contributed by atoms with Gasteiger partial charge in [0.25, 0.3) is 0 Å². The fraction of sp³-hybridized carbons (Fsp3) is 0.571. The number of benzene rings is 1. The third-order valence-corrected chi connectivity index (χ3v) is 2.47. The monoisotopic (exact) mass is 188 g/mol. The zero-order valence-electron chi connectivity index (χ0n) is 9.40. The van der Waals surface area contributed by atoms with E-state index in [0.717, 1.165) is 6.42 Å². The molecule has 14 heavy (non-hydrogen) atoms. The average Bonchev–Trinajstić information content (AvgIpc) is 2.24. The van der Waals surface area contributed by atoms with Gasteiger partial charge in [-0.25, -0.2) is 0 Å². The first-order valence-electron chi connectivity index (χ1n) is 5.78. The predicted molar refractivity (Wildman–Crippen MR) is 61.3 cm³/mol. The van der Waals surface area contributed by atoms with Crippen LogP contribution in [0, 0.1) is 12.1 Å². The Bertz CT molecular complexity index is 227. The number of aryl methyl sites for hydroxylation is 2. The fourth-order valence-electron chi connectivity index (χ4n) is 1.55. The highest BCUT2D eigenvalue weighted by atomic mass is 14.0. The lowest BCUT2D eigenvalue weighted by Crippen LogP contribution is -1.90. The average molecular weight is 188 g/mol. The van der Waals surface area contributed by atoms with Crippen LogP contribution in [0.15, 0.2) is 12.1 Å². The second kappa shape index (κ2) is 6.64. The van der Waals surface area contributed by atoms with Gasteiger partial charge in [0.05, 0.1) is 0 Å². The number of unbranched alkanes of at least 4 members (excludes halogenated alkanes) is 2. The fourth-order valence-corrected chi connectivity index (χ4v) is 1.55. The van der Waals surface area contributed by atoms with Gasteiger partial charge in [0, 0.05) is 0 Å². The summed E-state index contributed by atoms with van der Waals surface area (Å²) in [5, 5.41) is 0. The van der Waals surface area contributed by atoms with Gasteiger partial charge in [0.15, 0.2) is 0 Å². The molecule has 0 atom stereocenters. The van der Waals surface area contributed by atoms with E-state index in [4.69, 9.17) is 0 Å². The second-order valence-corrected chi connectivity index (χ2v) is 3.87. The molecule has 0 saturated carbocycles. The van der Waals surface area contributed by atoms with Crippen LogP contribution >= 0.6 is 0 Å². The van der Waals surface area contributed by atoms with Crippen molar-refractivity contribution in [2.24, 2.45) is 0 Å². The van der Waals surface area contributed by atoms with Crippen LogP contribution in [0.3, 0.4) is 0 Å². The van der Waals surface area contributed by atoms with Gasteiger partial charge >= 0.3 is 0 Å². The van der Waals surface area contributed by atoms with Gasteiger partial charge < -0.3 is 0 Å². The standard InChI is InChI=1S/C14H20/c1-3-5-8-13-10-7-11-14(12-13)9-6-4-2/h10,12H,3-6,8-9H2,1-2H3. The van der Waals surface area contributed by atoms with Crippen molar-refractivity contribution >= 4 is 0 Å². The lowest BCUT2D eigenvalue weighted by Gasteiger charge is -2.03. The van der Waals surface area contributed by atoms with E-state index in [2.05, 4.69) is 38.1 Å². The summed E-state index contributed by atoms with van der Waals surface area (Å²) in [5.41, 5.74) is 2.76. The molecule has 0 unspecified atom stereocenters. The van der Waals surface area contributed by atoms with E-state index in [1.54, 1.807) is 0 Å². The molecule has 0 aliphatic rings. The van der Waals surface area contributed by atoms with Crippen molar-refractivity contribution in [2.75, 3.05) is 0 Å². The summed E-state index contributed by atoms with van der Waals surface area (Å²) in [6.07, 6.45) is 7.43. The molecule has 0 aromatic heterocycles. The third kappa shape index (κ3) is 3.95. The van der Waals surface area contributed by atoms with E-state index in [9.17, 15) is 0 Å². The van der Waals surface area contributed by atoms with Crippen LogP contribution in [-0.2, 0) is 12.8 Å². The van der Waals surface area contributed by atoms with Crippen LogP contribution in [0.4, 0.5) is 0 Å². The Morgan fingerprint density at radius 3 is 2.50 bits per heavy atom. The lowest BCUT2D eigenvalue weighted by atomic mass is 10.0. The molecule has 2 radical (unpaired) electrons. The summed E-state index contributed by atoms with van der Waals surface area (Å²) in [5.74, 6) is 0. The van der Waals surface area contributed by atoms with Crippen molar-refractivity contribution in [1.29, 1.82) is 0 Å². The minimum atomic E-state index is 1.16. The summed E-state index contributed by atoms with van der Waals surface area (Å²) in [6.45, 7) is 4.46. The molecule has 0 fully saturated rings. The molecular formula is C14H20. The number of hydrogen-bond acceptors (Lipinski definition) is 0. The maximum Gasteiger partial charge on any atom is -0.00639 e. The molecule has 0 amide bonds. The minimum Gasteiger partial charge on any atom is -0.0654 e. The number of hydrogen-bond donors (Lipinski definition) is 0. The summed E-state index contributed by atoms with van der Waals surface area (Å²) in [6, 6.07) is 10.7. The van der Waals surface area contributed by atoms with Crippen molar-refractivity contribution in [3.05, 3.63) is 35.4 Å². The Hall–Kier alpha value is -0.780. The van der Waals surface area contributed by atoms with E-state index in [1.165, 1.54) is 43.2 Å². The first kappa shape index (κ1) is 11.3. The Balaban J connectivity index is 2.50. The van der Waals surface area contributed by atoms with Gasteiger partial charge in [-0.3, -0.25) is 0 Å². The van der Waals surface area contributed by atoms with Crippen LogP contribution in [-0.4, -0.2) is 0 Å². The van der Waals surface area contributed by atoms with E-state index >= 15 is 0 Å². The molecule has 0 aliphatic heterocycles. The normalized spacial score (nSPS) is 10.4. The molecule has 0 heterocycles. The molecule has 1 aromatic carbocycles. The smallest absolute Gasteiger partial charge is 0.00639 e. The van der Waals surface area contributed by atoms with E-state index < -0.39 is 0 Å². The van der Waals surface area contributed by atoms with Crippen molar-refractivity contribution in [2.45, 2.75) is 52.4 Å². The zero-order valence-corrected chi connectivity index (χ0v) is 9.40. The summed E-state index contributed by atoms with van der Waals surface area (Å²) < 4.78 is 0. The van der Waals surface area contributed by atoms with Crippen molar-refractivity contribution in [3.8, 4) is 0 Å². The Labute approximate surface area is 88.4 Å². The molecule has 0 saturated heterocycles. The van der Waals surface area contributed by atoms with Crippen molar-refractivity contribution in [1.82, 2.24) is 0 Å². The van der Waals surface area contributed by atoms with Gasteiger partial charge in [0.2, 0.25) is 0 Å². The van der Waals surface area contributed by atoms with Crippen LogP contribution in [0.25, 0.3) is 0 Å². The summed E-state index contributed by atoms with van der Waals surface area (Å²) >= 11 is 0. The van der Waals surface area contributed by atoms with Gasteiger partial charge in [0.1, 0.15) is 0 Å². The molecule has 1 rings (SSSR count). The van der Waals surface area contributed by atoms with Gasteiger partial charge in [-0.1, -0.05) is 38.8 Å². The van der Waals surface area contributed by atoms with Crippen LogP contribution in [0.1, 0.15) is 50.7 Å². The maximum absolute atomic E-state index is 3.20. The molecular weight excluding hydrogens is 168 g/mol. The third-order valence-electron chi connectivity index (χ3n) is 2.47. The van der Waals surface area contributed by atoms with Crippen LogP contribution in [0.2, 0.25) is 0 Å². The van der Waals surface area contributed by atoms with Crippen LogP contribution < -0.4 is 0 Å². The first-order chi connectivity index (χ1) is 6.86. The summed E-state index contributed by atoms with van der Waals surface area (Å²) in [4.78, 5) is 0. The maximum atomic E-state index is 3.20.